The Bertz CT molecular complexity index is 941. The van der Waals surface area contributed by atoms with Crippen molar-refractivity contribution < 1.29 is 39.8 Å². The van der Waals surface area contributed by atoms with Crippen LogP contribution in [0.5, 0.6) is 0 Å². The topological polar surface area (TPSA) is 149 Å². The Morgan fingerprint density at radius 3 is 1.56 bits per heavy atom. The molecule has 1 aliphatic rings. The first kappa shape index (κ1) is 50.4. The van der Waals surface area contributed by atoms with Crippen LogP contribution in [0.4, 0.5) is 0 Å². The van der Waals surface area contributed by atoms with Gasteiger partial charge >= 0.3 is 0 Å². The Morgan fingerprint density at radius 2 is 1.06 bits per heavy atom. The highest BCUT2D eigenvalue weighted by Gasteiger charge is 2.44. The van der Waals surface area contributed by atoms with Gasteiger partial charge in [-0.1, -0.05) is 159 Å². The zero-order valence-electron chi connectivity index (χ0n) is 34.5. The summed E-state index contributed by atoms with van der Waals surface area (Å²) < 4.78 is 11.2. The lowest BCUT2D eigenvalue weighted by Crippen LogP contribution is -2.60. The molecular formula is C45H83NO8. The van der Waals surface area contributed by atoms with Crippen molar-refractivity contribution in [3.8, 4) is 0 Å². The van der Waals surface area contributed by atoms with Gasteiger partial charge in [-0.15, -0.1) is 0 Å². The van der Waals surface area contributed by atoms with E-state index in [-0.39, 0.29) is 12.5 Å². The van der Waals surface area contributed by atoms with Crippen LogP contribution in [0.1, 0.15) is 187 Å². The summed E-state index contributed by atoms with van der Waals surface area (Å²) in [6.07, 6.45) is 36.1. The molecule has 7 atom stereocenters. The number of hydrogen-bond acceptors (Lipinski definition) is 8. The van der Waals surface area contributed by atoms with Crippen LogP contribution in [0.3, 0.4) is 0 Å². The minimum Gasteiger partial charge on any atom is -0.394 e. The third-order valence-corrected chi connectivity index (χ3v) is 10.4. The van der Waals surface area contributed by atoms with Crippen LogP contribution in [0.15, 0.2) is 36.5 Å². The highest BCUT2D eigenvalue weighted by molar-refractivity contribution is 5.76. The normalized spacial score (nSPS) is 21.8. The summed E-state index contributed by atoms with van der Waals surface area (Å²) >= 11 is 0. The van der Waals surface area contributed by atoms with Gasteiger partial charge in [0, 0.05) is 6.42 Å². The molecule has 0 bridgehead atoms. The summed E-state index contributed by atoms with van der Waals surface area (Å²) in [5.74, 6) is -0.193. The molecule has 1 rings (SSSR count). The molecule has 1 saturated heterocycles. The zero-order chi connectivity index (χ0) is 39.5. The number of ether oxygens (including phenoxy) is 2. The van der Waals surface area contributed by atoms with Gasteiger partial charge in [0.05, 0.1) is 25.4 Å². The largest absolute Gasteiger partial charge is 0.394 e. The number of nitrogens with one attached hydrogen (secondary N) is 1. The number of carbonyl (C=O) groups is 1. The van der Waals surface area contributed by atoms with Crippen LogP contribution in [0, 0.1) is 0 Å². The molecule has 0 aromatic rings. The Labute approximate surface area is 330 Å². The Balaban J connectivity index is 2.40. The van der Waals surface area contributed by atoms with Crippen molar-refractivity contribution in [1.82, 2.24) is 5.32 Å². The Morgan fingerprint density at radius 1 is 0.611 bits per heavy atom. The fourth-order valence-electron chi connectivity index (χ4n) is 6.81. The fourth-order valence-corrected chi connectivity index (χ4v) is 6.81. The van der Waals surface area contributed by atoms with E-state index in [4.69, 9.17) is 9.47 Å². The standard InChI is InChI=1S/C45H83NO8/c1-3-5-7-9-11-13-15-17-19-20-21-23-25-27-29-31-33-35-41(49)46-38(37-53-45-44(52)43(51)42(50)40(36-47)54-45)39(48)34-32-30-28-26-24-22-18-16-14-12-10-8-6-4-2/h17,19,24,26,32,34,38-40,42-45,47-48,50-52H,3-16,18,20-23,25,27-31,33,35-37H2,1-2H3,(H,46,49)/b19-17+,26-24+,34-32+/t38-,39+,40-,42-,43?,44?,45-/m0/s1. The van der Waals surface area contributed by atoms with Crippen molar-refractivity contribution in [3.05, 3.63) is 36.5 Å². The SMILES string of the molecule is CCCCCCCC/C=C/CCCCCCCCCC(=O)N[C@@H](CO[C@H]1O[C@@H](CO)[C@H](O)C(O)C1O)[C@H](O)/C=C/CC/C=C/CCCCCCCCCC. The number of rotatable bonds is 36. The third-order valence-electron chi connectivity index (χ3n) is 10.4. The van der Waals surface area contributed by atoms with Crippen LogP contribution in [0.2, 0.25) is 0 Å². The van der Waals surface area contributed by atoms with Crippen LogP contribution in [0.25, 0.3) is 0 Å². The highest BCUT2D eigenvalue weighted by Crippen LogP contribution is 2.22. The molecule has 0 spiro atoms. The molecule has 54 heavy (non-hydrogen) atoms. The molecule has 2 unspecified atom stereocenters. The van der Waals surface area contributed by atoms with Gasteiger partial charge in [-0.3, -0.25) is 4.79 Å². The van der Waals surface area contributed by atoms with Crippen LogP contribution in [-0.2, 0) is 14.3 Å². The number of aliphatic hydroxyl groups is 5. The molecule has 1 heterocycles. The second-order valence-electron chi connectivity index (χ2n) is 15.5. The first-order valence-electron chi connectivity index (χ1n) is 22.2. The Hall–Kier alpha value is -1.59. The molecule has 0 aromatic carbocycles. The molecule has 0 radical (unpaired) electrons. The zero-order valence-corrected chi connectivity index (χ0v) is 34.5. The lowest BCUT2D eigenvalue weighted by atomic mass is 9.99. The van der Waals surface area contributed by atoms with Crippen LogP contribution < -0.4 is 5.32 Å². The van der Waals surface area contributed by atoms with E-state index in [1.54, 1.807) is 6.08 Å². The summed E-state index contributed by atoms with van der Waals surface area (Å²) in [6.45, 7) is 3.73. The second-order valence-corrected chi connectivity index (χ2v) is 15.5. The first-order valence-corrected chi connectivity index (χ1v) is 22.2. The highest BCUT2D eigenvalue weighted by atomic mass is 16.7. The van der Waals surface area contributed by atoms with Crippen LogP contribution >= 0.6 is 0 Å². The van der Waals surface area contributed by atoms with E-state index in [1.807, 2.05) is 6.08 Å². The van der Waals surface area contributed by atoms with Crippen molar-refractivity contribution >= 4 is 5.91 Å². The molecule has 6 N–H and O–H groups in total. The fraction of sp³-hybridized carbons (Fsp3) is 0.844. The maximum Gasteiger partial charge on any atom is 0.220 e. The van der Waals surface area contributed by atoms with Gasteiger partial charge in [0.15, 0.2) is 6.29 Å². The predicted octanol–water partition coefficient (Wildman–Crippen LogP) is 8.89. The van der Waals surface area contributed by atoms with Gasteiger partial charge in [0.2, 0.25) is 5.91 Å². The van der Waals surface area contributed by atoms with Gasteiger partial charge in [-0.2, -0.15) is 0 Å². The molecule has 0 saturated carbocycles. The van der Waals surface area contributed by atoms with E-state index >= 15 is 0 Å². The summed E-state index contributed by atoms with van der Waals surface area (Å²) in [6, 6.07) is -0.821. The van der Waals surface area contributed by atoms with Crippen molar-refractivity contribution in [1.29, 1.82) is 0 Å². The molecule has 316 valence electrons. The van der Waals surface area contributed by atoms with Crippen LogP contribution in [-0.4, -0.2) is 87.5 Å². The Kier molecular flexibility index (Phi) is 33.4. The molecule has 1 aliphatic heterocycles. The quantitative estimate of drug-likeness (QED) is 0.0274. The second kappa shape index (κ2) is 35.8. The molecule has 1 fully saturated rings. The van der Waals surface area contributed by atoms with Crippen molar-refractivity contribution in [3.63, 3.8) is 0 Å². The van der Waals surface area contributed by atoms with E-state index in [0.717, 1.165) is 51.4 Å². The molecular weight excluding hydrogens is 682 g/mol. The van der Waals surface area contributed by atoms with Gasteiger partial charge in [0.25, 0.3) is 0 Å². The first-order chi connectivity index (χ1) is 26.3. The number of unbranched alkanes of at least 4 members (excludes halogenated alkanes) is 22. The molecule has 9 heteroatoms. The minimum atomic E-state index is -1.57. The van der Waals surface area contributed by atoms with E-state index in [1.165, 1.54) is 116 Å². The predicted molar refractivity (Wildman–Crippen MR) is 221 cm³/mol. The average Bonchev–Trinajstić information content (AvgIpc) is 3.17. The number of aliphatic hydroxyl groups excluding tert-OH is 5. The third kappa shape index (κ3) is 26.3. The average molecular weight is 766 g/mol. The molecule has 0 aliphatic carbocycles. The van der Waals surface area contributed by atoms with E-state index in [0.29, 0.717) is 6.42 Å². The number of allylic oxidation sites excluding steroid dienone is 5. The summed E-state index contributed by atoms with van der Waals surface area (Å²) in [5.41, 5.74) is 0. The maximum absolute atomic E-state index is 12.9. The number of carbonyl (C=O) groups excluding carboxylic acids is 1. The summed E-state index contributed by atoms with van der Waals surface area (Å²) in [4.78, 5) is 12.9. The maximum atomic E-state index is 12.9. The molecule has 1 amide bonds. The lowest BCUT2D eigenvalue weighted by Gasteiger charge is -2.40. The minimum absolute atomic E-state index is 0.193. The molecule has 0 aromatic heterocycles. The monoisotopic (exact) mass is 766 g/mol. The summed E-state index contributed by atoms with van der Waals surface area (Å²) in [7, 11) is 0. The van der Waals surface area contributed by atoms with Crippen molar-refractivity contribution in [2.24, 2.45) is 0 Å². The summed E-state index contributed by atoms with van der Waals surface area (Å²) in [5, 5.41) is 54.1. The number of amides is 1. The van der Waals surface area contributed by atoms with Crippen molar-refractivity contribution in [2.45, 2.75) is 230 Å². The smallest absolute Gasteiger partial charge is 0.220 e. The van der Waals surface area contributed by atoms with Gasteiger partial charge in [-0.25, -0.2) is 0 Å². The van der Waals surface area contributed by atoms with E-state index in [2.05, 4.69) is 43.5 Å². The number of hydrogen-bond donors (Lipinski definition) is 6. The van der Waals surface area contributed by atoms with Crippen molar-refractivity contribution in [2.75, 3.05) is 13.2 Å². The van der Waals surface area contributed by atoms with E-state index in [9.17, 15) is 30.3 Å². The lowest BCUT2D eigenvalue weighted by molar-refractivity contribution is -0.302. The van der Waals surface area contributed by atoms with Gasteiger partial charge < -0.3 is 40.3 Å². The molecule has 9 nitrogen and oxygen atoms in total. The van der Waals surface area contributed by atoms with E-state index < -0.39 is 49.5 Å². The van der Waals surface area contributed by atoms with Gasteiger partial charge in [0.1, 0.15) is 24.4 Å². The van der Waals surface area contributed by atoms with Gasteiger partial charge in [-0.05, 0) is 57.8 Å².